The van der Waals surface area contributed by atoms with Gasteiger partial charge in [0.05, 0.1) is 23.3 Å². The zero-order chi connectivity index (χ0) is 26.1. The van der Waals surface area contributed by atoms with E-state index in [1.54, 1.807) is 26.0 Å². The van der Waals surface area contributed by atoms with Crippen LogP contribution in [0.15, 0.2) is 59.5 Å². The van der Waals surface area contributed by atoms with Crippen molar-refractivity contribution in [1.29, 1.82) is 0 Å². The molecule has 0 aliphatic carbocycles. The van der Waals surface area contributed by atoms with Gasteiger partial charge in [-0.1, -0.05) is 32.0 Å². The maximum atomic E-state index is 13.2. The second-order valence-corrected chi connectivity index (χ2v) is 11.6. The predicted molar refractivity (Wildman–Crippen MR) is 135 cm³/mol. The van der Waals surface area contributed by atoms with Gasteiger partial charge >= 0.3 is 5.97 Å². The number of sulfone groups is 1. The molecule has 4 rings (SSSR count). The van der Waals surface area contributed by atoms with Gasteiger partial charge in [-0.15, -0.1) is 0 Å². The van der Waals surface area contributed by atoms with Gasteiger partial charge in [0.25, 0.3) is 0 Å². The maximum Gasteiger partial charge on any atom is 0.316 e. The number of esters is 1. The van der Waals surface area contributed by atoms with E-state index >= 15 is 0 Å². The summed E-state index contributed by atoms with van der Waals surface area (Å²) in [5.41, 5.74) is 1.49. The lowest BCUT2D eigenvalue weighted by Crippen LogP contribution is -2.65. The third-order valence-electron chi connectivity index (χ3n) is 6.38. The van der Waals surface area contributed by atoms with Crippen molar-refractivity contribution in [3.63, 3.8) is 0 Å². The van der Waals surface area contributed by atoms with Gasteiger partial charge in [0.2, 0.25) is 5.91 Å². The Bertz CT molecular complexity index is 1390. The van der Waals surface area contributed by atoms with Gasteiger partial charge in [0, 0.05) is 35.7 Å². The summed E-state index contributed by atoms with van der Waals surface area (Å²) in [5, 5.41) is 1.00. The second kappa shape index (κ2) is 9.89. The first-order chi connectivity index (χ1) is 17.0. The number of methoxy groups -OCH3 is 1. The quantitative estimate of drug-likeness (QED) is 0.427. The lowest BCUT2D eigenvalue weighted by Gasteiger charge is -2.48. The monoisotopic (exact) mass is 510 g/mol. The summed E-state index contributed by atoms with van der Waals surface area (Å²) < 4.78 is 37.2. The lowest BCUT2D eigenvalue weighted by molar-refractivity contribution is -0.167. The first-order valence-electron chi connectivity index (χ1n) is 11.7. The van der Waals surface area contributed by atoms with Crippen molar-refractivity contribution in [1.82, 2.24) is 9.88 Å². The fourth-order valence-electron chi connectivity index (χ4n) is 4.57. The maximum absolute atomic E-state index is 13.2. The number of ether oxygens (including phenoxy) is 2. The fraction of sp³-hybridized carbons (Fsp3) is 0.370. The van der Waals surface area contributed by atoms with E-state index in [1.807, 2.05) is 37.3 Å². The Morgan fingerprint density at radius 3 is 2.39 bits per heavy atom. The molecule has 2 aromatic carbocycles. The molecule has 0 saturated carbocycles. The highest BCUT2D eigenvalue weighted by molar-refractivity contribution is 7.91. The minimum atomic E-state index is -3.82. The summed E-state index contributed by atoms with van der Waals surface area (Å²) in [6.07, 6.45) is 0. The number of hydrogen-bond acceptors (Lipinski definition) is 7. The molecule has 0 spiro atoms. The number of amides is 1. The Hall–Kier alpha value is -3.46. The largest absolute Gasteiger partial charge is 0.489 e. The number of aryl methyl sites for hydroxylation is 1. The first-order valence-corrected chi connectivity index (χ1v) is 13.4. The number of nitrogens with zero attached hydrogens (tertiary/aromatic N) is 2. The van der Waals surface area contributed by atoms with Crippen molar-refractivity contribution in [3.8, 4) is 5.75 Å². The van der Waals surface area contributed by atoms with Crippen molar-refractivity contribution in [2.24, 2.45) is 11.3 Å². The number of benzene rings is 2. The van der Waals surface area contributed by atoms with Gasteiger partial charge in [-0.25, -0.2) is 8.42 Å². The standard InChI is InChI=1S/C27H30N2O6S/c1-18(2)25(30)29-15-27(16-29,26(31)34-4)17-36(32,33)22-11-9-21(10-12-22)35-14-20-13-19(3)28-24-8-6-5-7-23(20)24/h5-13,18H,14-17H2,1-4H3. The first kappa shape index (κ1) is 25.6. The van der Waals surface area contributed by atoms with Crippen LogP contribution < -0.4 is 4.74 Å². The van der Waals surface area contributed by atoms with Crippen LogP contribution in [0.2, 0.25) is 0 Å². The minimum Gasteiger partial charge on any atom is -0.489 e. The van der Waals surface area contributed by atoms with E-state index in [-0.39, 0.29) is 29.8 Å². The van der Waals surface area contributed by atoms with Crippen LogP contribution in [0.25, 0.3) is 10.9 Å². The average molecular weight is 511 g/mol. The van der Waals surface area contributed by atoms with Crippen molar-refractivity contribution in [3.05, 3.63) is 65.9 Å². The molecule has 1 fully saturated rings. The summed E-state index contributed by atoms with van der Waals surface area (Å²) >= 11 is 0. The molecule has 0 bridgehead atoms. The molecule has 190 valence electrons. The molecule has 1 aromatic heterocycles. The SMILES string of the molecule is COC(=O)C1(CS(=O)(=O)c2ccc(OCc3cc(C)nc4ccccc34)cc2)CN(C(=O)C(C)C)C1. The van der Waals surface area contributed by atoms with Crippen LogP contribution in [0.3, 0.4) is 0 Å². The second-order valence-electron chi connectivity index (χ2n) is 9.58. The van der Waals surface area contributed by atoms with E-state index in [0.717, 1.165) is 22.2 Å². The zero-order valence-electron chi connectivity index (χ0n) is 20.9. The highest BCUT2D eigenvalue weighted by Crippen LogP contribution is 2.36. The van der Waals surface area contributed by atoms with Gasteiger partial charge in [0.1, 0.15) is 17.8 Å². The number of fused-ring (bicyclic) bond motifs is 1. The van der Waals surface area contributed by atoms with E-state index in [4.69, 9.17) is 9.47 Å². The average Bonchev–Trinajstić information content (AvgIpc) is 2.83. The molecular weight excluding hydrogens is 480 g/mol. The van der Waals surface area contributed by atoms with Crippen molar-refractivity contribution >= 4 is 32.6 Å². The molecule has 9 heteroatoms. The normalized spacial score (nSPS) is 15.0. The van der Waals surface area contributed by atoms with Gasteiger partial charge in [-0.3, -0.25) is 14.6 Å². The Balaban J connectivity index is 1.47. The zero-order valence-corrected chi connectivity index (χ0v) is 21.7. The van der Waals surface area contributed by atoms with Crippen LogP contribution in [0.5, 0.6) is 5.75 Å². The van der Waals surface area contributed by atoms with Crippen molar-refractivity contribution in [2.45, 2.75) is 32.3 Å². The molecule has 0 atom stereocenters. The molecule has 1 amide bonds. The van der Waals surface area contributed by atoms with Crippen molar-refractivity contribution in [2.75, 3.05) is 26.0 Å². The van der Waals surface area contributed by atoms with E-state index in [0.29, 0.717) is 12.4 Å². The third-order valence-corrected chi connectivity index (χ3v) is 8.31. The molecule has 2 heterocycles. The van der Waals surface area contributed by atoms with Crippen LogP contribution in [0, 0.1) is 18.3 Å². The number of rotatable bonds is 8. The molecule has 1 aliphatic rings. The summed E-state index contributed by atoms with van der Waals surface area (Å²) in [5.74, 6) is -0.896. The number of aromatic nitrogens is 1. The molecule has 0 N–H and O–H groups in total. The van der Waals surface area contributed by atoms with Crippen molar-refractivity contribution < 1.29 is 27.5 Å². The topological polar surface area (TPSA) is 103 Å². The number of pyridine rings is 1. The summed E-state index contributed by atoms with van der Waals surface area (Å²) in [6, 6.07) is 15.9. The van der Waals surface area contributed by atoms with Gasteiger partial charge in [-0.2, -0.15) is 0 Å². The number of hydrogen-bond donors (Lipinski definition) is 0. The van der Waals surface area contributed by atoms with E-state index in [9.17, 15) is 18.0 Å². The van der Waals surface area contributed by atoms with E-state index in [1.165, 1.54) is 24.1 Å². The van der Waals surface area contributed by atoms with Crippen LogP contribution in [-0.2, 0) is 30.8 Å². The molecule has 0 unspecified atom stereocenters. The number of para-hydroxylation sites is 1. The highest BCUT2D eigenvalue weighted by Gasteiger charge is 2.54. The molecular formula is C27H30N2O6S. The summed E-state index contributed by atoms with van der Waals surface area (Å²) in [6.45, 7) is 5.81. The van der Waals surface area contributed by atoms with Gasteiger partial charge < -0.3 is 14.4 Å². The highest BCUT2D eigenvalue weighted by atomic mass is 32.2. The number of likely N-dealkylation sites (tertiary alicyclic amines) is 1. The molecule has 1 saturated heterocycles. The molecule has 36 heavy (non-hydrogen) atoms. The van der Waals surface area contributed by atoms with Crippen LogP contribution in [-0.4, -0.2) is 56.1 Å². The Morgan fingerprint density at radius 2 is 1.75 bits per heavy atom. The fourth-order valence-corrected chi connectivity index (χ4v) is 6.31. The Kier molecular flexibility index (Phi) is 7.04. The molecule has 3 aromatic rings. The molecule has 8 nitrogen and oxygen atoms in total. The van der Waals surface area contributed by atoms with Gasteiger partial charge in [-0.05, 0) is 43.3 Å². The Labute approximate surface area is 211 Å². The Morgan fingerprint density at radius 1 is 1.08 bits per heavy atom. The van der Waals surface area contributed by atoms with Crippen LogP contribution in [0.1, 0.15) is 25.1 Å². The molecule has 1 aliphatic heterocycles. The summed E-state index contributed by atoms with van der Waals surface area (Å²) in [4.78, 5) is 30.9. The molecule has 0 radical (unpaired) electrons. The number of carbonyl (C=O) groups is 2. The number of carbonyl (C=O) groups excluding carboxylic acids is 2. The lowest BCUT2D eigenvalue weighted by atomic mass is 9.81. The summed E-state index contributed by atoms with van der Waals surface area (Å²) in [7, 11) is -2.60. The van der Waals surface area contributed by atoms with E-state index in [2.05, 4.69) is 4.98 Å². The van der Waals surface area contributed by atoms with Gasteiger partial charge in [0.15, 0.2) is 9.84 Å². The minimum absolute atomic E-state index is 0.0242. The van der Waals surface area contributed by atoms with Crippen LogP contribution >= 0.6 is 0 Å². The van der Waals surface area contributed by atoms with E-state index < -0.39 is 27.0 Å². The predicted octanol–water partition coefficient (Wildman–Crippen LogP) is 3.55. The van der Waals surface area contributed by atoms with Crippen LogP contribution in [0.4, 0.5) is 0 Å². The smallest absolute Gasteiger partial charge is 0.316 e. The third kappa shape index (κ3) is 5.06.